The van der Waals surface area contributed by atoms with E-state index in [9.17, 15) is 19.1 Å². The van der Waals surface area contributed by atoms with Gasteiger partial charge in [0.1, 0.15) is 17.2 Å². The number of methoxy groups -OCH3 is 1. The molecule has 0 aliphatic carbocycles. The molecule has 2 atom stereocenters. The third kappa shape index (κ3) is 4.61. The zero-order valence-electron chi connectivity index (χ0n) is 14.9. The summed E-state index contributed by atoms with van der Waals surface area (Å²) >= 11 is 0. The molecule has 2 unspecified atom stereocenters. The van der Waals surface area contributed by atoms with Gasteiger partial charge < -0.3 is 19.5 Å². The van der Waals surface area contributed by atoms with E-state index in [1.807, 2.05) is 0 Å². The van der Waals surface area contributed by atoms with Crippen LogP contribution in [0.15, 0.2) is 18.2 Å². The van der Waals surface area contributed by atoms with Gasteiger partial charge in [-0.2, -0.15) is 0 Å². The highest BCUT2D eigenvalue weighted by molar-refractivity contribution is 5.73. The lowest BCUT2D eigenvalue weighted by Crippen LogP contribution is -2.46. The Morgan fingerprint density at radius 3 is 2.52 bits per heavy atom. The SMILES string of the molecule is COc1ccc(C2CN(C(=O)OC(C)(C)C)CCC2C(=O)O)c(F)c1. The van der Waals surface area contributed by atoms with Crippen molar-refractivity contribution in [3.63, 3.8) is 0 Å². The molecule has 1 aromatic rings. The molecule has 25 heavy (non-hydrogen) atoms. The zero-order chi connectivity index (χ0) is 18.8. The number of amides is 1. The number of halogens is 1. The molecule has 2 rings (SSSR count). The predicted molar refractivity (Wildman–Crippen MR) is 89.2 cm³/mol. The molecule has 1 aromatic carbocycles. The average Bonchev–Trinajstić information content (AvgIpc) is 2.52. The summed E-state index contributed by atoms with van der Waals surface area (Å²) in [5.41, 5.74) is -0.386. The van der Waals surface area contributed by atoms with Gasteiger partial charge >= 0.3 is 12.1 Å². The normalized spacial score (nSPS) is 20.9. The molecular formula is C18H24FNO5. The van der Waals surface area contributed by atoms with Gasteiger partial charge in [0.25, 0.3) is 0 Å². The molecule has 1 fully saturated rings. The molecule has 7 heteroatoms. The highest BCUT2D eigenvalue weighted by Gasteiger charge is 2.39. The summed E-state index contributed by atoms with van der Waals surface area (Å²) in [6.07, 6.45) is -0.277. The fraction of sp³-hybridized carbons (Fsp3) is 0.556. The maximum atomic E-state index is 14.5. The first-order valence-electron chi connectivity index (χ1n) is 8.16. The Balaban J connectivity index is 2.27. The van der Waals surface area contributed by atoms with Crippen molar-refractivity contribution >= 4 is 12.1 Å². The number of hydrogen-bond donors (Lipinski definition) is 1. The Labute approximate surface area is 146 Å². The van der Waals surface area contributed by atoms with Gasteiger partial charge in [-0.15, -0.1) is 0 Å². The van der Waals surface area contributed by atoms with Crippen molar-refractivity contribution in [1.82, 2.24) is 4.90 Å². The minimum atomic E-state index is -0.996. The van der Waals surface area contributed by atoms with E-state index in [-0.39, 0.29) is 25.1 Å². The van der Waals surface area contributed by atoms with Crippen LogP contribution >= 0.6 is 0 Å². The molecule has 0 saturated carbocycles. The summed E-state index contributed by atoms with van der Waals surface area (Å²) in [5, 5.41) is 9.49. The summed E-state index contributed by atoms with van der Waals surface area (Å²) in [4.78, 5) is 25.3. The van der Waals surface area contributed by atoms with E-state index in [4.69, 9.17) is 9.47 Å². The highest BCUT2D eigenvalue weighted by Crippen LogP contribution is 2.35. The van der Waals surface area contributed by atoms with Crippen LogP contribution in [0.4, 0.5) is 9.18 Å². The number of carbonyl (C=O) groups excluding carboxylic acids is 1. The Bertz CT molecular complexity index is 655. The van der Waals surface area contributed by atoms with Crippen LogP contribution in [0.1, 0.15) is 38.7 Å². The van der Waals surface area contributed by atoms with Gasteiger partial charge in [-0.05, 0) is 38.8 Å². The molecule has 6 nitrogen and oxygen atoms in total. The number of likely N-dealkylation sites (tertiary alicyclic amines) is 1. The second kappa shape index (κ2) is 7.29. The van der Waals surface area contributed by atoms with Crippen molar-refractivity contribution in [3.05, 3.63) is 29.6 Å². The lowest BCUT2D eigenvalue weighted by Gasteiger charge is -2.37. The molecule has 1 amide bonds. The van der Waals surface area contributed by atoms with Crippen LogP contribution in [-0.2, 0) is 9.53 Å². The van der Waals surface area contributed by atoms with Crippen LogP contribution in [0.5, 0.6) is 5.75 Å². The van der Waals surface area contributed by atoms with Crippen molar-refractivity contribution in [2.75, 3.05) is 20.2 Å². The highest BCUT2D eigenvalue weighted by atomic mass is 19.1. The number of nitrogens with zero attached hydrogens (tertiary/aromatic N) is 1. The van der Waals surface area contributed by atoms with Crippen molar-refractivity contribution in [1.29, 1.82) is 0 Å². The molecule has 0 radical (unpaired) electrons. The molecule has 1 aliphatic heterocycles. The van der Waals surface area contributed by atoms with Crippen LogP contribution in [-0.4, -0.2) is 47.9 Å². The van der Waals surface area contributed by atoms with Crippen LogP contribution in [0.2, 0.25) is 0 Å². The van der Waals surface area contributed by atoms with Crippen LogP contribution in [0.25, 0.3) is 0 Å². The fourth-order valence-corrected chi connectivity index (χ4v) is 2.99. The Kier molecular flexibility index (Phi) is 5.55. The van der Waals surface area contributed by atoms with E-state index in [1.54, 1.807) is 26.8 Å². The lowest BCUT2D eigenvalue weighted by molar-refractivity contribution is -0.144. The monoisotopic (exact) mass is 353 g/mol. The van der Waals surface area contributed by atoms with Gasteiger partial charge in [-0.3, -0.25) is 4.79 Å². The van der Waals surface area contributed by atoms with Crippen molar-refractivity contribution in [2.24, 2.45) is 5.92 Å². The van der Waals surface area contributed by atoms with Crippen molar-refractivity contribution in [3.8, 4) is 5.75 Å². The molecular weight excluding hydrogens is 329 g/mol. The summed E-state index contributed by atoms with van der Waals surface area (Å²) in [6, 6.07) is 4.33. The summed E-state index contributed by atoms with van der Waals surface area (Å²) < 4.78 is 24.8. The molecule has 1 aliphatic rings. The number of carboxylic acid groups (broad SMARTS) is 1. The number of rotatable bonds is 3. The minimum Gasteiger partial charge on any atom is -0.497 e. The van der Waals surface area contributed by atoms with E-state index >= 15 is 0 Å². The van der Waals surface area contributed by atoms with Gasteiger partial charge in [0.05, 0.1) is 13.0 Å². The zero-order valence-corrected chi connectivity index (χ0v) is 14.9. The number of aliphatic carboxylic acids is 1. The van der Waals surface area contributed by atoms with Gasteiger partial charge in [0.2, 0.25) is 0 Å². The fourth-order valence-electron chi connectivity index (χ4n) is 2.99. The maximum Gasteiger partial charge on any atom is 0.410 e. The van der Waals surface area contributed by atoms with Gasteiger partial charge in [0.15, 0.2) is 0 Å². The van der Waals surface area contributed by atoms with E-state index in [0.29, 0.717) is 5.75 Å². The average molecular weight is 353 g/mol. The second-order valence-corrected chi connectivity index (χ2v) is 7.15. The largest absolute Gasteiger partial charge is 0.497 e. The quantitative estimate of drug-likeness (QED) is 0.903. The number of benzene rings is 1. The summed E-state index contributed by atoms with van der Waals surface area (Å²) in [5.74, 6) is -2.59. The Morgan fingerprint density at radius 1 is 1.32 bits per heavy atom. The molecule has 0 spiro atoms. The molecule has 1 heterocycles. The number of carbonyl (C=O) groups is 2. The predicted octanol–water partition coefficient (Wildman–Crippen LogP) is 3.26. The van der Waals surface area contributed by atoms with Crippen molar-refractivity contribution < 1.29 is 28.6 Å². The number of ether oxygens (including phenoxy) is 2. The van der Waals surface area contributed by atoms with E-state index in [1.165, 1.54) is 24.1 Å². The van der Waals surface area contributed by atoms with Crippen LogP contribution in [0, 0.1) is 11.7 Å². The molecule has 0 aromatic heterocycles. The number of hydrogen-bond acceptors (Lipinski definition) is 4. The third-order valence-corrected chi connectivity index (χ3v) is 4.19. The first-order chi connectivity index (χ1) is 11.6. The minimum absolute atomic E-state index is 0.0924. The number of piperidine rings is 1. The first-order valence-corrected chi connectivity index (χ1v) is 8.16. The maximum absolute atomic E-state index is 14.5. The van der Waals surface area contributed by atoms with E-state index in [0.717, 1.165) is 0 Å². The number of carboxylic acids is 1. The van der Waals surface area contributed by atoms with Gasteiger partial charge in [0, 0.05) is 25.1 Å². The van der Waals surface area contributed by atoms with Crippen LogP contribution < -0.4 is 4.74 Å². The lowest BCUT2D eigenvalue weighted by atomic mass is 9.80. The van der Waals surface area contributed by atoms with Crippen LogP contribution in [0.3, 0.4) is 0 Å². The van der Waals surface area contributed by atoms with E-state index in [2.05, 4.69) is 0 Å². The summed E-state index contributed by atoms with van der Waals surface area (Å²) in [6.45, 7) is 5.63. The molecule has 1 N–H and O–H groups in total. The van der Waals surface area contributed by atoms with E-state index < -0.39 is 35.3 Å². The van der Waals surface area contributed by atoms with Gasteiger partial charge in [-0.1, -0.05) is 6.07 Å². The van der Waals surface area contributed by atoms with Crippen molar-refractivity contribution in [2.45, 2.75) is 38.7 Å². The third-order valence-electron chi connectivity index (χ3n) is 4.19. The molecule has 1 saturated heterocycles. The standard InChI is InChI=1S/C18H24FNO5/c1-18(2,3)25-17(23)20-8-7-13(16(21)22)14(10-20)12-6-5-11(24-4)9-15(12)19/h5-6,9,13-14H,7-8,10H2,1-4H3,(H,21,22). The molecule has 138 valence electrons. The molecule has 0 bridgehead atoms. The Hall–Kier alpha value is -2.31. The summed E-state index contributed by atoms with van der Waals surface area (Å²) in [7, 11) is 1.43. The smallest absolute Gasteiger partial charge is 0.410 e. The Morgan fingerprint density at radius 2 is 2.00 bits per heavy atom. The topological polar surface area (TPSA) is 76.1 Å². The van der Waals surface area contributed by atoms with Gasteiger partial charge in [-0.25, -0.2) is 9.18 Å². The first kappa shape index (κ1) is 19.0. The second-order valence-electron chi connectivity index (χ2n) is 7.15.